The summed E-state index contributed by atoms with van der Waals surface area (Å²) in [7, 11) is -5.32. The number of phosphoric ester groups is 1. The minimum absolute atomic E-state index is 0.217. The largest absolute Gasteiger partial charge is 0.790 e. The summed E-state index contributed by atoms with van der Waals surface area (Å²) >= 11 is 0. The molecule has 0 radical (unpaired) electrons. The molecular formula is C31H59O8P-2. The van der Waals surface area contributed by atoms with Crippen LogP contribution in [0.4, 0.5) is 0 Å². The molecule has 0 fully saturated rings. The van der Waals surface area contributed by atoms with E-state index in [1.165, 1.54) is 89.9 Å². The van der Waals surface area contributed by atoms with Gasteiger partial charge in [0.1, 0.15) is 19.3 Å². The molecular weight excluding hydrogens is 531 g/mol. The standard InChI is InChI=1S/C31H61O8P/c1-3-5-7-9-11-13-15-17-19-21-23-25-30(32)37-27-29(39-40(34,35)36)28-38-31(33)26-24-22-20-18-16-14-12-10-8-6-4-2/h29H,3-28H2,1-2H3,(H2,34,35,36)/p-2. The van der Waals surface area contributed by atoms with Crippen molar-refractivity contribution in [1.82, 2.24) is 0 Å². The molecule has 0 bridgehead atoms. The molecule has 0 saturated heterocycles. The number of hydrogen-bond donors (Lipinski definition) is 0. The van der Waals surface area contributed by atoms with E-state index in [1.54, 1.807) is 0 Å². The lowest BCUT2D eigenvalue weighted by molar-refractivity contribution is -0.346. The SMILES string of the molecule is CCCCCCCCCCCCCC(=O)OCC(COC(=O)CCCCCCCCCCCCC)OP(=O)([O-])[O-]. The molecule has 0 unspecified atom stereocenters. The number of rotatable bonds is 30. The van der Waals surface area contributed by atoms with Crippen LogP contribution in [0.15, 0.2) is 0 Å². The summed E-state index contributed by atoms with van der Waals surface area (Å²) < 4.78 is 25.7. The molecule has 0 aromatic heterocycles. The topological polar surface area (TPSA) is 125 Å². The van der Waals surface area contributed by atoms with Gasteiger partial charge in [0.2, 0.25) is 0 Å². The van der Waals surface area contributed by atoms with Crippen LogP contribution in [-0.2, 0) is 28.2 Å². The average Bonchev–Trinajstić information content (AvgIpc) is 2.91. The molecule has 9 heteroatoms. The lowest BCUT2D eigenvalue weighted by Gasteiger charge is -2.32. The van der Waals surface area contributed by atoms with Crippen molar-refractivity contribution in [2.75, 3.05) is 13.2 Å². The Morgan fingerprint density at radius 2 is 0.800 bits per heavy atom. The lowest BCUT2D eigenvalue weighted by atomic mass is 10.1. The predicted octanol–water partition coefficient (Wildman–Crippen LogP) is 7.69. The zero-order valence-corrected chi connectivity index (χ0v) is 26.6. The minimum Gasteiger partial charge on any atom is -0.790 e. The zero-order chi connectivity index (χ0) is 29.7. The van der Waals surface area contributed by atoms with E-state index in [2.05, 4.69) is 18.4 Å². The van der Waals surface area contributed by atoms with E-state index in [0.29, 0.717) is 12.8 Å². The molecule has 0 amide bonds. The van der Waals surface area contributed by atoms with Gasteiger partial charge >= 0.3 is 11.9 Å². The summed E-state index contributed by atoms with van der Waals surface area (Å²) in [6.45, 7) is 3.54. The molecule has 0 rings (SSSR count). The van der Waals surface area contributed by atoms with Crippen molar-refractivity contribution in [3.63, 3.8) is 0 Å². The predicted molar refractivity (Wildman–Crippen MR) is 157 cm³/mol. The van der Waals surface area contributed by atoms with Gasteiger partial charge < -0.3 is 28.3 Å². The fourth-order valence-electron chi connectivity index (χ4n) is 4.67. The monoisotopic (exact) mass is 590 g/mol. The first-order valence-electron chi connectivity index (χ1n) is 16.3. The third kappa shape index (κ3) is 30.0. The highest BCUT2D eigenvalue weighted by Gasteiger charge is 2.17. The van der Waals surface area contributed by atoms with Crippen molar-refractivity contribution >= 4 is 19.8 Å². The van der Waals surface area contributed by atoms with E-state index in [0.717, 1.165) is 38.5 Å². The summed E-state index contributed by atoms with van der Waals surface area (Å²) in [6, 6.07) is 0. The van der Waals surface area contributed by atoms with Gasteiger partial charge in [-0.2, -0.15) is 0 Å². The summed E-state index contributed by atoms with van der Waals surface area (Å²) in [5.74, 6) is -0.966. The van der Waals surface area contributed by atoms with Gasteiger partial charge in [0.25, 0.3) is 0 Å². The van der Waals surface area contributed by atoms with Crippen molar-refractivity contribution in [3.05, 3.63) is 0 Å². The summed E-state index contributed by atoms with van der Waals surface area (Å²) in [5, 5.41) is 0. The van der Waals surface area contributed by atoms with Crippen LogP contribution in [0.5, 0.6) is 0 Å². The Hall–Kier alpha value is -0.950. The maximum Gasteiger partial charge on any atom is 0.305 e. The second-order valence-corrected chi connectivity index (χ2v) is 12.2. The van der Waals surface area contributed by atoms with Gasteiger partial charge in [-0.15, -0.1) is 0 Å². The first-order valence-corrected chi connectivity index (χ1v) is 17.8. The van der Waals surface area contributed by atoms with Gasteiger partial charge in [0, 0.05) is 12.8 Å². The van der Waals surface area contributed by atoms with Crippen molar-refractivity contribution in [2.45, 2.75) is 174 Å². The quantitative estimate of drug-likeness (QED) is 0.0473. The van der Waals surface area contributed by atoms with Crippen LogP contribution in [0.2, 0.25) is 0 Å². The van der Waals surface area contributed by atoms with Gasteiger partial charge in [-0.1, -0.05) is 142 Å². The first-order chi connectivity index (χ1) is 19.3. The minimum atomic E-state index is -5.32. The van der Waals surface area contributed by atoms with Crippen molar-refractivity contribution < 1.29 is 37.9 Å². The zero-order valence-electron chi connectivity index (χ0n) is 25.7. The Morgan fingerprint density at radius 1 is 0.525 bits per heavy atom. The van der Waals surface area contributed by atoms with Gasteiger partial charge in [0.15, 0.2) is 0 Å². The number of hydrogen-bond acceptors (Lipinski definition) is 8. The molecule has 0 aliphatic carbocycles. The van der Waals surface area contributed by atoms with Crippen LogP contribution in [0.25, 0.3) is 0 Å². The Balaban J connectivity index is 3.91. The molecule has 40 heavy (non-hydrogen) atoms. The lowest BCUT2D eigenvalue weighted by Crippen LogP contribution is -2.31. The normalized spacial score (nSPS) is 11.7. The molecule has 0 aromatic rings. The average molecular weight is 591 g/mol. The van der Waals surface area contributed by atoms with E-state index >= 15 is 0 Å². The number of esters is 2. The van der Waals surface area contributed by atoms with Crippen molar-refractivity contribution in [1.29, 1.82) is 0 Å². The third-order valence-electron chi connectivity index (χ3n) is 7.11. The fourth-order valence-corrected chi connectivity index (χ4v) is 5.16. The number of phosphoric acid groups is 1. The highest BCUT2D eigenvalue weighted by Crippen LogP contribution is 2.27. The maximum atomic E-state index is 12.0. The van der Waals surface area contributed by atoms with E-state index in [9.17, 15) is 23.9 Å². The molecule has 0 aliphatic heterocycles. The number of ether oxygens (including phenoxy) is 2. The molecule has 8 nitrogen and oxygen atoms in total. The van der Waals surface area contributed by atoms with Crippen LogP contribution in [-0.4, -0.2) is 31.3 Å². The van der Waals surface area contributed by atoms with Crippen LogP contribution in [0.3, 0.4) is 0 Å². The number of carbonyl (C=O) groups excluding carboxylic acids is 2. The van der Waals surface area contributed by atoms with Crippen molar-refractivity contribution in [3.8, 4) is 0 Å². The Morgan fingerprint density at radius 3 is 1.07 bits per heavy atom. The molecule has 0 aromatic carbocycles. The first kappa shape index (κ1) is 39.0. The molecule has 238 valence electrons. The Bertz CT molecular complexity index is 595. The van der Waals surface area contributed by atoms with Crippen LogP contribution < -0.4 is 9.79 Å². The van der Waals surface area contributed by atoms with E-state index in [1.807, 2.05) is 0 Å². The Kier molecular flexibility index (Phi) is 27.5. The Labute approximate surface area is 244 Å². The highest BCUT2D eigenvalue weighted by atomic mass is 31.2. The molecule has 0 saturated carbocycles. The van der Waals surface area contributed by atoms with Crippen LogP contribution >= 0.6 is 7.82 Å². The van der Waals surface area contributed by atoms with Crippen LogP contribution in [0, 0.1) is 0 Å². The second kappa shape index (κ2) is 28.2. The molecule has 0 heterocycles. The maximum absolute atomic E-state index is 12.0. The number of unbranched alkanes of at least 4 members (excludes halogenated alkanes) is 20. The van der Waals surface area contributed by atoms with Crippen LogP contribution in [0.1, 0.15) is 168 Å². The van der Waals surface area contributed by atoms with Gasteiger partial charge in [0.05, 0.1) is 7.82 Å². The molecule has 0 aliphatic rings. The van der Waals surface area contributed by atoms with E-state index < -0.39 is 39.1 Å². The van der Waals surface area contributed by atoms with E-state index in [-0.39, 0.29) is 12.8 Å². The molecule has 0 N–H and O–H groups in total. The molecule has 0 spiro atoms. The number of carbonyl (C=O) groups is 2. The highest BCUT2D eigenvalue weighted by molar-refractivity contribution is 7.43. The summed E-state index contributed by atoms with van der Waals surface area (Å²) in [5.41, 5.74) is 0. The van der Waals surface area contributed by atoms with Crippen molar-refractivity contribution in [2.24, 2.45) is 0 Å². The third-order valence-corrected chi connectivity index (χ3v) is 7.66. The van der Waals surface area contributed by atoms with Gasteiger partial charge in [-0.25, -0.2) is 0 Å². The smallest absolute Gasteiger partial charge is 0.305 e. The summed E-state index contributed by atoms with van der Waals surface area (Å²) in [6.07, 6.45) is 24.8. The molecule has 0 atom stereocenters. The van der Waals surface area contributed by atoms with Gasteiger partial charge in [-0.3, -0.25) is 9.59 Å². The second-order valence-electron chi connectivity index (χ2n) is 11.1. The van der Waals surface area contributed by atoms with E-state index in [4.69, 9.17) is 9.47 Å². The fraction of sp³-hybridized carbons (Fsp3) is 0.935. The summed E-state index contributed by atoms with van der Waals surface area (Å²) in [4.78, 5) is 46.2. The van der Waals surface area contributed by atoms with Gasteiger partial charge in [-0.05, 0) is 12.8 Å².